The first-order chi connectivity index (χ1) is 9.15. The normalized spacial score (nSPS) is 10.0. The third-order valence-corrected chi connectivity index (χ3v) is 2.82. The van der Waals surface area contributed by atoms with Crippen molar-refractivity contribution in [1.29, 1.82) is 0 Å². The van der Waals surface area contributed by atoms with Crippen molar-refractivity contribution in [2.45, 2.75) is 0 Å². The summed E-state index contributed by atoms with van der Waals surface area (Å²) >= 11 is 0. The van der Waals surface area contributed by atoms with Crippen LogP contribution in [-0.4, -0.2) is 20.0 Å². The van der Waals surface area contributed by atoms with E-state index in [0.717, 1.165) is 0 Å². The summed E-state index contributed by atoms with van der Waals surface area (Å²) in [5, 5.41) is 0. The molecule has 19 heavy (non-hydrogen) atoms. The number of nitrogen functional groups attached to an aromatic ring is 1. The van der Waals surface area contributed by atoms with Gasteiger partial charge in [0.05, 0.1) is 19.8 Å². The molecular weight excluding hydrogens is 242 g/mol. The molecule has 4 nitrogen and oxygen atoms in total. The van der Waals surface area contributed by atoms with Gasteiger partial charge in [-0.05, 0) is 36.4 Å². The number of hydrogen-bond acceptors (Lipinski definition) is 4. The molecule has 0 unspecified atom stereocenters. The van der Waals surface area contributed by atoms with Crippen molar-refractivity contribution in [3.63, 3.8) is 0 Å². The fourth-order valence-corrected chi connectivity index (χ4v) is 1.79. The van der Waals surface area contributed by atoms with Gasteiger partial charge < -0.3 is 15.2 Å². The number of rotatable bonds is 4. The average molecular weight is 257 g/mol. The molecule has 0 aliphatic heterocycles. The summed E-state index contributed by atoms with van der Waals surface area (Å²) < 4.78 is 10.3. The predicted molar refractivity (Wildman–Crippen MR) is 73.8 cm³/mol. The highest BCUT2D eigenvalue weighted by Crippen LogP contribution is 2.25. The van der Waals surface area contributed by atoms with E-state index in [9.17, 15) is 4.79 Å². The van der Waals surface area contributed by atoms with Crippen LogP contribution in [-0.2, 0) is 0 Å². The SMILES string of the molecule is COc1ccc(C(=O)c2ccc(N)cc2OC)cc1. The summed E-state index contributed by atoms with van der Waals surface area (Å²) in [6.45, 7) is 0. The molecule has 0 aliphatic carbocycles. The van der Waals surface area contributed by atoms with Crippen molar-refractivity contribution in [3.05, 3.63) is 53.6 Å². The molecule has 0 fully saturated rings. The van der Waals surface area contributed by atoms with Crippen LogP contribution in [0.3, 0.4) is 0 Å². The van der Waals surface area contributed by atoms with Crippen molar-refractivity contribution in [2.24, 2.45) is 0 Å². The summed E-state index contributed by atoms with van der Waals surface area (Å²) in [5.41, 5.74) is 7.29. The molecule has 0 aromatic heterocycles. The zero-order valence-corrected chi connectivity index (χ0v) is 10.8. The maximum Gasteiger partial charge on any atom is 0.196 e. The fourth-order valence-electron chi connectivity index (χ4n) is 1.79. The van der Waals surface area contributed by atoms with Gasteiger partial charge in [0, 0.05) is 17.3 Å². The van der Waals surface area contributed by atoms with Gasteiger partial charge in [-0.2, -0.15) is 0 Å². The number of methoxy groups -OCH3 is 2. The minimum absolute atomic E-state index is 0.112. The minimum atomic E-state index is -0.112. The zero-order valence-electron chi connectivity index (χ0n) is 10.8. The van der Waals surface area contributed by atoms with E-state index in [1.807, 2.05) is 0 Å². The van der Waals surface area contributed by atoms with Crippen molar-refractivity contribution in [1.82, 2.24) is 0 Å². The quantitative estimate of drug-likeness (QED) is 0.675. The molecule has 2 N–H and O–H groups in total. The van der Waals surface area contributed by atoms with Crippen LogP contribution in [0.15, 0.2) is 42.5 Å². The monoisotopic (exact) mass is 257 g/mol. The van der Waals surface area contributed by atoms with E-state index in [4.69, 9.17) is 15.2 Å². The Morgan fingerprint density at radius 2 is 1.68 bits per heavy atom. The Balaban J connectivity index is 2.37. The molecule has 2 aromatic rings. The molecule has 0 aliphatic rings. The Bertz CT molecular complexity index is 591. The lowest BCUT2D eigenvalue weighted by Gasteiger charge is -2.09. The number of benzene rings is 2. The molecule has 0 bridgehead atoms. The molecular formula is C15H15NO3. The van der Waals surface area contributed by atoms with Gasteiger partial charge in [-0.25, -0.2) is 0 Å². The first-order valence-corrected chi connectivity index (χ1v) is 5.78. The third-order valence-electron chi connectivity index (χ3n) is 2.82. The van der Waals surface area contributed by atoms with Gasteiger partial charge in [-0.1, -0.05) is 0 Å². The minimum Gasteiger partial charge on any atom is -0.497 e. The lowest BCUT2D eigenvalue weighted by atomic mass is 10.0. The molecule has 0 spiro atoms. The lowest BCUT2D eigenvalue weighted by Crippen LogP contribution is -2.04. The Labute approximate surface area is 111 Å². The lowest BCUT2D eigenvalue weighted by molar-refractivity contribution is 0.103. The number of ketones is 1. The molecule has 98 valence electrons. The standard InChI is InChI=1S/C15H15NO3/c1-18-12-6-3-10(4-7-12)15(17)13-8-5-11(16)9-14(13)19-2/h3-9H,16H2,1-2H3. The molecule has 4 heteroatoms. The highest BCUT2D eigenvalue weighted by molar-refractivity contribution is 6.11. The van der Waals surface area contributed by atoms with Crippen LogP contribution in [0.5, 0.6) is 11.5 Å². The summed E-state index contributed by atoms with van der Waals surface area (Å²) in [6, 6.07) is 11.9. The fraction of sp³-hybridized carbons (Fsp3) is 0.133. The number of ether oxygens (including phenoxy) is 2. The van der Waals surface area contributed by atoms with Crippen molar-refractivity contribution < 1.29 is 14.3 Å². The highest BCUT2D eigenvalue weighted by Gasteiger charge is 2.14. The van der Waals surface area contributed by atoms with Gasteiger partial charge in [0.1, 0.15) is 11.5 Å². The number of carbonyl (C=O) groups excluding carboxylic acids is 1. The van der Waals surface area contributed by atoms with Crippen molar-refractivity contribution in [3.8, 4) is 11.5 Å². The second kappa shape index (κ2) is 5.44. The second-order valence-electron chi connectivity index (χ2n) is 4.02. The Morgan fingerprint density at radius 3 is 2.26 bits per heavy atom. The molecule has 0 atom stereocenters. The first-order valence-electron chi connectivity index (χ1n) is 5.78. The van der Waals surface area contributed by atoms with Crippen LogP contribution in [0.4, 0.5) is 5.69 Å². The van der Waals surface area contributed by atoms with Gasteiger partial charge in [-0.3, -0.25) is 4.79 Å². The van der Waals surface area contributed by atoms with Gasteiger partial charge in [-0.15, -0.1) is 0 Å². The van der Waals surface area contributed by atoms with Crippen LogP contribution in [0, 0.1) is 0 Å². The van der Waals surface area contributed by atoms with Gasteiger partial charge in [0.15, 0.2) is 5.78 Å². The predicted octanol–water partition coefficient (Wildman–Crippen LogP) is 2.52. The van der Waals surface area contributed by atoms with Crippen LogP contribution >= 0.6 is 0 Å². The van der Waals surface area contributed by atoms with Gasteiger partial charge in [0.2, 0.25) is 0 Å². The van der Waals surface area contributed by atoms with E-state index in [1.54, 1.807) is 49.6 Å². The van der Waals surface area contributed by atoms with E-state index < -0.39 is 0 Å². The smallest absolute Gasteiger partial charge is 0.196 e. The summed E-state index contributed by atoms with van der Waals surface area (Å²) in [5.74, 6) is 1.07. The largest absolute Gasteiger partial charge is 0.497 e. The first kappa shape index (κ1) is 13.0. The number of nitrogens with two attached hydrogens (primary N) is 1. The maximum absolute atomic E-state index is 12.4. The number of hydrogen-bond donors (Lipinski definition) is 1. The summed E-state index contributed by atoms with van der Waals surface area (Å²) in [7, 11) is 3.10. The van der Waals surface area contributed by atoms with E-state index >= 15 is 0 Å². The molecule has 0 radical (unpaired) electrons. The van der Waals surface area contributed by atoms with Gasteiger partial charge in [0.25, 0.3) is 0 Å². The molecule has 2 aromatic carbocycles. The Hall–Kier alpha value is -2.49. The second-order valence-corrected chi connectivity index (χ2v) is 4.02. The third kappa shape index (κ3) is 2.68. The van der Waals surface area contributed by atoms with Crippen molar-refractivity contribution >= 4 is 11.5 Å². The van der Waals surface area contributed by atoms with E-state index in [1.165, 1.54) is 7.11 Å². The molecule has 0 saturated carbocycles. The highest BCUT2D eigenvalue weighted by atomic mass is 16.5. The average Bonchev–Trinajstić information content (AvgIpc) is 2.46. The van der Waals surface area contributed by atoms with Crippen LogP contribution < -0.4 is 15.2 Å². The number of anilines is 1. The molecule has 0 saturated heterocycles. The Morgan fingerprint density at radius 1 is 1.00 bits per heavy atom. The molecule has 0 amide bonds. The zero-order chi connectivity index (χ0) is 13.8. The van der Waals surface area contributed by atoms with E-state index in [2.05, 4.69) is 0 Å². The Kier molecular flexibility index (Phi) is 3.71. The number of carbonyl (C=O) groups is 1. The van der Waals surface area contributed by atoms with E-state index in [-0.39, 0.29) is 5.78 Å². The van der Waals surface area contributed by atoms with E-state index in [0.29, 0.717) is 28.3 Å². The summed E-state index contributed by atoms with van der Waals surface area (Å²) in [6.07, 6.45) is 0. The van der Waals surface area contributed by atoms with Gasteiger partial charge >= 0.3 is 0 Å². The maximum atomic E-state index is 12.4. The molecule has 0 heterocycles. The summed E-state index contributed by atoms with van der Waals surface area (Å²) in [4.78, 5) is 12.4. The van der Waals surface area contributed by atoms with Crippen molar-refractivity contribution in [2.75, 3.05) is 20.0 Å². The topological polar surface area (TPSA) is 61.5 Å². The van der Waals surface area contributed by atoms with Crippen LogP contribution in [0.2, 0.25) is 0 Å². The molecule has 2 rings (SSSR count). The van der Waals surface area contributed by atoms with Crippen LogP contribution in [0.25, 0.3) is 0 Å². The van der Waals surface area contributed by atoms with Crippen LogP contribution in [0.1, 0.15) is 15.9 Å².